The van der Waals surface area contributed by atoms with Crippen LogP contribution in [-0.4, -0.2) is 25.4 Å². The van der Waals surface area contributed by atoms with Gasteiger partial charge in [0.2, 0.25) is 5.91 Å². The van der Waals surface area contributed by atoms with Crippen LogP contribution in [0.15, 0.2) is 18.2 Å². The van der Waals surface area contributed by atoms with Gasteiger partial charge < -0.3 is 16.4 Å². The van der Waals surface area contributed by atoms with Crippen LogP contribution in [0.4, 0.5) is 18.9 Å². The second kappa shape index (κ2) is 6.27. The quantitative estimate of drug-likeness (QED) is 0.765. The maximum Gasteiger partial charge on any atom is 0.418 e. The molecule has 5 nitrogen and oxygen atoms in total. The molecule has 0 bridgehead atoms. The van der Waals surface area contributed by atoms with Crippen LogP contribution in [0.3, 0.4) is 0 Å². The molecule has 2 amide bonds. The Labute approximate surface area is 113 Å². The van der Waals surface area contributed by atoms with E-state index in [2.05, 4.69) is 10.6 Å². The zero-order chi connectivity index (χ0) is 15.3. The first-order valence-corrected chi connectivity index (χ1v) is 5.71. The number of alkyl halides is 3. The summed E-state index contributed by atoms with van der Waals surface area (Å²) >= 11 is 0. The van der Waals surface area contributed by atoms with Crippen molar-refractivity contribution in [2.45, 2.75) is 12.6 Å². The number of hydrogen-bond acceptors (Lipinski definition) is 3. The number of halogens is 3. The Hall–Kier alpha value is -2.25. The van der Waals surface area contributed by atoms with Crippen molar-refractivity contribution in [3.8, 4) is 0 Å². The number of primary amides is 1. The van der Waals surface area contributed by atoms with E-state index in [1.54, 1.807) is 0 Å². The molecule has 0 aliphatic rings. The Balaban J connectivity index is 2.91. The molecule has 0 aliphatic carbocycles. The Bertz CT molecular complexity index is 515. The molecule has 20 heavy (non-hydrogen) atoms. The predicted octanol–water partition coefficient (Wildman–Crippen LogP) is 1.35. The Morgan fingerprint density at radius 3 is 2.45 bits per heavy atom. The molecule has 0 aliphatic heterocycles. The van der Waals surface area contributed by atoms with Crippen molar-refractivity contribution >= 4 is 17.5 Å². The molecule has 1 aromatic carbocycles. The fraction of sp³-hybridized carbons (Fsp3) is 0.333. The van der Waals surface area contributed by atoms with Crippen LogP contribution in [0.25, 0.3) is 0 Å². The monoisotopic (exact) mass is 289 g/mol. The number of nitrogens with two attached hydrogens (primary N) is 1. The number of amides is 2. The molecule has 0 unspecified atom stereocenters. The highest BCUT2D eigenvalue weighted by Crippen LogP contribution is 2.35. The van der Waals surface area contributed by atoms with Crippen LogP contribution >= 0.6 is 0 Å². The van der Waals surface area contributed by atoms with Crippen LogP contribution in [0.5, 0.6) is 0 Å². The van der Waals surface area contributed by atoms with Crippen LogP contribution < -0.4 is 16.4 Å². The van der Waals surface area contributed by atoms with Crippen molar-refractivity contribution in [1.29, 1.82) is 0 Å². The molecular formula is C12H14F3N3O2. The van der Waals surface area contributed by atoms with E-state index in [0.29, 0.717) is 0 Å². The number of carbonyl (C=O) groups is 2. The Morgan fingerprint density at radius 2 is 1.95 bits per heavy atom. The van der Waals surface area contributed by atoms with Gasteiger partial charge in [0.1, 0.15) is 0 Å². The summed E-state index contributed by atoms with van der Waals surface area (Å²) in [5.41, 5.74) is 3.70. The summed E-state index contributed by atoms with van der Waals surface area (Å²) in [6.07, 6.45) is -4.64. The first-order chi connectivity index (χ1) is 9.25. The summed E-state index contributed by atoms with van der Waals surface area (Å²) < 4.78 is 38.4. The van der Waals surface area contributed by atoms with Crippen molar-refractivity contribution in [3.05, 3.63) is 29.3 Å². The van der Waals surface area contributed by atoms with E-state index in [-0.39, 0.29) is 24.2 Å². The number of anilines is 1. The van der Waals surface area contributed by atoms with Gasteiger partial charge in [0.15, 0.2) is 0 Å². The number of hydrogen-bond donors (Lipinski definition) is 3. The average Bonchev–Trinajstić information content (AvgIpc) is 2.36. The van der Waals surface area contributed by atoms with Crippen LogP contribution in [0.2, 0.25) is 0 Å². The van der Waals surface area contributed by atoms with Crippen molar-refractivity contribution in [3.63, 3.8) is 0 Å². The van der Waals surface area contributed by atoms with Gasteiger partial charge in [-0.05, 0) is 18.2 Å². The fourth-order valence-electron chi connectivity index (χ4n) is 1.54. The van der Waals surface area contributed by atoms with E-state index in [9.17, 15) is 22.8 Å². The van der Waals surface area contributed by atoms with E-state index < -0.39 is 23.6 Å². The zero-order valence-corrected chi connectivity index (χ0v) is 10.7. The molecule has 1 aromatic rings. The number of rotatable bonds is 5. The maximum atomic E-state index is 12.8. The molecule has 0 fully saturated rings. The maximum absolute atomic E-state index is 12.8. The topological polar surface area (TPSA) is 84.2 Å². The molecule has 110 valence electrons. The molecule has 4 N–H and O–H groups in total. The van der Waals surface area contributed by atoms with Crippen LogP contribution in [0.1, 0.15) is 22.3 Å². The van der Waals surface area contributed by atoms with Crippen molar-refractivity contribution in [1.82, 2.24) is 5.32 Å². The van der Waals surface area contributed by atoms with Gasteiger partial charge in [-0.1, -0.05) is 0 Å². The Morgan fingerprint density at radius 1 is 1.30 bits per heavy atom. The van der Waals surface area contributed by atoms with Gasteiger partial charge in [-0.3, -0.25) is 9.59 Å². The summed E-state index contributed by atoms with van der Waals surface area (Å²) in [6.45, 7) is -0.0245. The molecule has 0 saturated heterocycles. The third-order valence-corrected chi connectivity index (χ3v) is 2.51. The minimum Gasteiger partial charge on any atom is -0.388 e. The summed E-state index contributed by atoms with van der Waals surface area (Å²) in [7, 11) is 1.36. The lowest BCUT2D eigenvalue weighted by molar-refractivity contribution is -0.137. The second-order valence-electron chi connectivity index (χ2n) is 3.98. The molecular weight excluding hydrogens is 275 g/mol. The zero-order valence-electron chi connectivity index (χ0n) is 10.7. The van der Waals surface area contributed by atoms with E-state index in [0.717, 1.165) is 6.07 Å². The van der Waals surface area contributed by atoms with Gasteiger partial charge >= 0.3 is 6.18 Å². The van der Waals surface area contributed by atoms with E-state index in [1.807, 2.05) is 0 Å². The first-order valence-electron chi connectivity index (χ1n) is 5.71. The number of benzene rings is 1. The molecule has 0 heterocycles. The number of carbonyl (C=O) groups excluding carboxylic acids is 2. The largest absolute Gasteiger partial charge is 0.418 e. The Kier molecular flexibility index (Phi) is 4.95. The molecule has 0 saturated carbocycles. The highest BCUT2D eigenvalue weighted by atomic mass is 19.4. The van der Waals surface area contributed by atoms with Crippen LogP contribution in [0, 0.1) is 0 Å². The molecule has 0 radical (unpaired) electrons. The van der Waals surface area contributed by atoms with Crippen LogP contribution in [-0.2, 0) is 11.0 Å². The van der Waals surface area contributed by atoms with Gasteiger partial charge in [-0.2, -0.15) is 13.2 Å². The lowest BCUT2D eigenvalue weighted by atomic mass is 10.1. The fourth-order valence-corrected chi connectivity index (χ4v) is 1.54. The summed E-state index contributed by atoms with van der Waals surface area (Å²) in [6, 6.07) is 3.19. The molecule has 0 atom stereocenters. The summed E-state index contributed by atoms with van der Waals surface area (Å²) in [4.78, 5) is 22.2. The smallest absolute Gasteiger partial charge is 0.388 e. The minimum absolute atomic E-state index is 0.0245. The van der Waals surface area contributed by atoms with Gasteiger partial charge in [0, 0.05) is 31.3 Å². The van der Waals surface area contributed by atoms with E-state index in [4.69, 9.17) is 5.73 Å². The summed E-state index contributed by atoms with van der Waals surface area (Å²) in [5, 5.41) is 4.73. The standard InChI is InChI=1S/C12H14F3N3O2/c1-17-9-3-2-7(6-8(9)12(13,14)15)11(20)18-5-4-10(16)19/h2-3,6,17H,4-5H2,1H3,(H2,16,19)(H,18,20). The molecule has 8 heteroatoms. The third kappa shape index (κ3) is 4.15. The van der Waals surface area contributed by atoms with Crippen molar-refractivity contribution < 1.29 is 22.8 Å². The van der Waals surface area contributed by atoms with Gasteiger partial charge in [-0.15, -0.1) is 0 Å². The highest BCUT2D eigenvalue weighted by molar-refractivity contribution is 5.95. The normalized spacial score (nSPS) is 11.0. The lowest BCUT2D eigenvalue weighted by Gasteiger charge is -2.14. The lowest BCUT2D eigenvalue weighted by Crippen LogP contribution is -2.28. The highest BCUT2D eigenvalue weighted by Gasteiger charge is 2.34. The van der Waals surface area contributed by atoms with E-state index in [1.165, 1.54) is 19.2 Å². The van der Waals surface area contributed by atoms with Crippen molar-refractivity contribution in [2.24, 2.45) is 5.73 Å². The van der Waals surface area contributed by atoms with Crippen molar-refractivity contribution in [2.75, 3.05) is 18.9 Å². The molecule has 1 rings (SSSR count). The van der Waals surface area contributed by atoms with Gasteiger partial charge in [-0.25, -0.2) is 0 Å². The minimum atomic E-state index is -4.57. The number of nitrogens with one attached hydrogen (secondary N) is 2. The second-order valence-corrected chi connectivity index (χ2v) is 3.98. The molecule has 0 aromatic heterocycles. The SMILES string of the molecule is CNc1ccc(C(=O)NCCC(N)=O)cc1C(F)(F)F. The predicted molar refractivity (Wildman–Crippen MR) is 67.1 cm³/mol. The van der Waals surface area contributed by atoms with E-state index >= 15 is 0 Å². The summed E-state index contributed by atoms with van der Waals surface area (Å²) in [5.74, 6) is -1.30. The average molecular weight is 289 g/mol. The molecule has 0 spiro atoms. The van der Waals surface area contributed by atoms with Gasteiger partial charge in [0.05, 0.1) is 5.56 Å². The first kappa shape index (κ1) is 15.8. The third-order valence-electron chi connectivity index (χ3n) is 2.51. The van der Waals surface area contributed by atoms with Gasteiger partial charge in [0.25, 0.3) is 5.91 Å².